The van der Waals surface area contributed by atoms with Crippen molar-refractivity contribution in [2.75, 3.05) is 13.1 Å². The molecule has 2 heterocycles. The van der Waals surface area contributed by atoms with Crippen LogP contribution < -0.4 is 5.73 Å². The van der Waals surface area contributed by atoms with E-state index in [1.54, 1.807) is 0 Å². The summed E-state index contributed by atoms with van der Waals surface area (Å²) in [7, 11) is 0. The van der Waals surface area contributed by atoms with Gasteiger partial charge in [-0.3, -0.25) is 14.3 Å². The molecule has 0 spiro atoms. The summed E-state index contributed by atoms with van der Waals surface area (Å²) in [4.78, 5) is 24.6. The summed E-state index contributed by atoms with van der Waals surface area (Å²) in [6.07, 6.45) is -2.15. The van der Waals surface area contributed by atoms with Crippen molar-refractivity contribution < 1.29 is 22.8 Å². The number of rotatable bonds is 3. The van der Waals surface area contributed by atoms with E-state index in [2.05, 4.69) is 5.10 Å². The molecule has 1 unspecified atom stereocenters. The quantitative estimate of drug-likeness (QED) is 0.889. The van der Waals surface area contributed by atoms with Gasteiger partial charge in [-0.05, 0) is 18.9 Å². The summed E-state index contributed by atoms with van der Waals surface area (Å²) in [5.41, 5.74) is 4.18. The van der Waals surface area contributed by atoms with Crippen LogP contribution >= 0.6 is 0 Å². The van der Waals surface area contributed by atoms with E-state index in [0.717, 1.165) is 16.9 Å². The molecular formula is C12H15F3N4O2. The van der Waals surface area contributed by atoms with Crippen molar-refractivity contribution in [1.82, 2.24) is 14.7 Å². The second-order valence-electron chi connectivity index (χ2n) is 4.98. The molecule has 1 aromatic heterocycles. The predicted molar refractivity (Wildman–Crippen MR) is 65.7 cm³/mol. The van der Waals surface area contributed by atoms with Crippen molar-refractivity contribution in [1.29, 1.82) is 0 Å². The number of hydrogen-bond acceptors (Lipinski definition) is 3. The number of primary amides is 1. The van der Waals surface area contributed by atoms with Crippen LogP contribution in [0.3, 0.4) is 0 Å². The summed E-state index contributed by atoms with van der Waals surface area (Å²) < 4.78 is 38.2. The zero-order valence-electron chi connectivity index (χ0n) is 11.1. The molecule has 21 heavy (non-hydrogen) atoms. The van der Waals surface area contributed by atoms with Gasteiger partial charge in [-0.15, -0.1) is 0 Å². The van der Waals surface area contributed by atoms with Crippen LogP contribution in [0, 0.1) is 5.92 Å². The first kappa shape index (κ1) is 15.3. The Kier molecular flexibility index (Phi) is 4.19. The van der Waals surface area contributed by atoms with Crippen molar-refractivity contribution in [3.63, 3.8) is 0 Å². The Bertz CT molecular complexity index is 541. The highest BCUT2D eigenvalue weighted by Crippen LogP contribution is 2.27. The minimum absolute atomic E-state index is 0.210. The third-order valence-electron chi connectivity index (χ3n) is 3.40. The van der Waals surface area contributed by atoms with Gasteiger partial charge in [0.1, 0.15) is 6.54 Å². The molecule has 1 atom stereocenters. The molecule has 2 amide bonds. The van der Waals surface area contributed by atoms with E-state index in [1.165, 1.54) is 4.90 Å². The van der Waals surface area contributed by atoms with Crippen LogP contribution in [0.2, 0.25) is 0 Å². The van der Waals surface area contributed by atoms with E-state index in [1.807, 2.05) is 0 Å². The molecule has 9 heteroatoms. The number of aromatic nitrogens is 2. The minimum atomic E-state index is -4.53. The SMILES string of the molecule is NC(=O)C1CCCN(C(=O)Cn2ccc(C(F)(F)F)n2)C1. The Labute approximate surface area is 118 Å². The van der Waals surface area contributed by atoms with E-state index >= 15 is 0 Å². The average molecular weight is 304 g/mol. The summed E-state index contributed by atoms with van der Waals surface area (Å²) in [6, 6.07) is 0.815. The number of carbonyl (C=O) groups is 2. The number of alkyl halides is 3. The number of hydrogen-bond donors (Lipinski definition) is 1. The number of halogens is 3. The predicted octanol–water partition coefficient (Wildman–Crippen LogP) is 0.626. The van der Waals surface area contributed by atoms with Gasteiger partial charge in [0.05, 0.1) is 5.92 Å². The lowest BCUT2D eigenvalue weighted by Gasteiger charge is -2.31. The standard InChI is InChI=1S/C12H15F3N4O2/c13-12(14,15)9-3-5-19(17-9)7-10(20)18-4-1-2-8(6-18)11(16)21/h3,5,8H,1-2,4,6-7H2,(H2,16,21). The molecule has 1 fully saturated rings. The fourth-order valence-corrected chi connectivity index (χ4v) is 2.28. The highest BCUT2D eigenvalue weighted by atomic mass is 19.4. The lowest BCUT2D eigenvalue weighted by molar-refractivity contribution is -0.142. The molecule has 0 bridgehead atoms. The molecule has 2 rings (SSSR count). The molecule has 1 aliphatic heterocycles. The number of piperidine rings is 1. The van der Waals surface area contributed by atoms with Gasteiger partial charge in [-0.25, -0.2) is 0 Å². The summed E-state index contributed by atoms with van der Waals surface area (Å²) >= 11 is 0. The minimum Gasteiger partial charge on any atom is -0.369 e. The van der Waals surface area contributed by atoms with Crippen LogP contribution in [0.1, 0.15) is 18.5 Å². The lowest BCUT2D eigenvalue weighted by atomic mass is 9.97. The third kappa shape index (κ3) is 3.73. The normalized spacial score (nSPS) is 19.6. The maximum absolute atomic E-state index is 12.4. The Balaban J connectivity index is 1.98. The van der Waals surface area contributed by atoms with Gasteiger partial charge in [0, 0.05) is 19.3 Å². The van der Waals surface area contributed by atoms with E-state index < -0.39 is 23.7 Å². The zero-order chi connectivity index (χ0) is 15.6. The third-order valence-corrected chi connectivity index (χ3v) is 3.40. The number of nitrogens with zero attached hydrogens (tertiary/aromatic N) is 3. The van der Waals surface area contributed by atoms with Crippen LogP contribution in [0.5, 0.6) is 0 Å². The molecule has 1 aromatic rings. The van der Waals surface area contributed by atoms with Crippen molar-refractivity contribution >= 4 is 11.8 Å². The Hall–Kier alpha value is -2.06. The van der Waals surface area contributed by atoms with Gasteiger partial charge in [0.2, 0.25) is 11.8 Å². The molecule has 0 saturated carbocycles. The van der Waals surface area contributed by atoms with E-state index in [9.17, 15) is 22.8 Å². The fourth-order valence-electron chi connectivity index (χ4n) is 2.28. The van der Waals surface area contributed by atoms with Crippen molar-refractivity contribution in [2.45, 2.75) is 25.6 Å². The number of likely N-dealkylation sites (tertiary alicyclic amines) is 1. The first-order valence-electron chi connectivity index (χ1n) is 6.45. The number of amides is 2. The van der Waals surface area contributed by atoms with Crippen LogP contribution in [0.4, 0.5) is 13.2 Å². The molecule has 6 nitrogen and oxygen atoms in total. The molecule has 1 aliphatic rings. The van der Waals surface area contributed by atoms with Gasteiger partial charge >= 0.3 is 6.18 Å². The topological polar surface area (TPSA) is 81.2 Å². The first-order valence-corrected chi connectivity index (χ1v) is 6.45. The van der Waals surface area contributed by atoms with Gasteiger partial charge in [0.15, 0.2) is 5.69 Å². The molecule has 0 radical (unpaired) electrons. The zero-order valence-corrected chi connectivity index (χ0v) is 11.1. The maximum Gasteiger partial charge on any atom is 0.435 e. The van der Waals surface area contributed by atoms with Crippen molar-refractivity contribution in [2.24, 2.45) is 11.7 Å². The first-order chi connectivity index (χ1) is 9.77. The molecule has 0 aromatic carbocycles. The second-order valence-corrected chi connectivity index (χ2v) is 4.98. The average Bonchev–Trinajstić information content (AvgIpc) is 2.87. The van der Waals surface area contributed by atoms with Gasteiger partial charge < -0.3 is 10.6 Å². The van der Waals surface area contributed by atoms with Crippen molar-refractivity contribution in [3.05, 3.63) is 18.0 Å². The lowest BCUT2D eigenvalue weighted by Crippen LogP contribution is -2.45. The van der Waals surface area contributed by atoms with Crippen LogP contribution in [-0.2, 0) is 22.3 Å². The maximum atomic E-state index is 12.4. The summed E-state index contributed by atoms with van der Waals surface area (Å²) in [5, 5.41) is 3.32. The molecule has 116 valence electrons. The largest absolute Gasteiger partial charge is 0.435 e. The van der Waals surface area contributed by atoms with Gasteiger partial charge in [-0.2, -0.15) is 18.3 Å². The Morgan fingerprint density at radius 2 is 2.14 bits per heavy atom. The fraction of sp³-hybridized carbons (Fsp3) is 0.583. The molecule has 1 saturated heterocycles. The van der Waals surface area contributed by atoms with Crippen LogP contribution in [0.25, 0.3) is 0 Å². The highest BCUT2D eigenvalue weighted by molar-refractivity contribution is 5.80. The van der Waals surface area contributed by atoms with Crippen LogP contribution in [-0.4, -0.2) is 39.6 Å². The number of nitrogens with two attached hydrogens (primary N) is 1. The number of carbonyl (C=O) groups excluding carboxylic acids is 2. The summed E-state index contributed by atoms with van der Waals surface area (Å²) in [6.45, 7) is 0.388. The molecular weight excluding hydrogens is 289 g/mol. The van der Waals surface area contributed by atoms with E-state index in [4.69, 9.17) is 5.73 Å². The summed E-state index contributed by atoms with van der Waals surface area (Å²) in [5.74, 6) is -1.24. The Morgan fingerprint density at radius 1 is 1.43 bits per heavy atom. The smallest absolute Gasteiger partial charge is 0.369 e. The monoisotopic (exact) mass is 304 g/mol. The van der Waals surface area contributed by atoms with Gasteiger partial charge in [-0.1, -0.05) is 0 Å². The van der Waals surface area contributed by atoms with E-state index in [0.29, 0.717) is 19.4 Å². The van der Waals surface area contributed by atoms with Crippen molar-refractivity contribution in [3.8, 4) is 0 Å². The molecule has 0 aliphatic carbocycles. The highest BCUT2D eigenvalue weighted by Gasteiger charge is 2.34. The second kappa shape index (κ2) is 5.74. The van der Waals surface area contributed by atoms with Crippen LogP contribution in [0.15, 0.2) is 12.3 Å². The van der Waals surface area contributed by atoms with Gasteiger partial charge in [0.25, 0.3) is 0 Å². The molecule has 2 N–H and O–H groups in total. The van der Waals surface area contributed by atoms with E-state index in [-0.39, 0.29) is 19.0 Å². The Morgan fingerprint density at radius 3 is 2.71 bits per heavy atom.